The summed E-state index contributed by atoms with van der Waals surface area (Å²) in [5.74, 6) is 0.816. The minimum Gasteiger partial charge on any atom is -0.468 e. The third-order valence-electron chi connectivity index (χ3n) is 4.58. The summed E-state index contributed by atoms with van der Waals surface area (Å²) in [4.78, 5) is 12.1. The fourth-order valence-corrected chi connectivity index (χ4v) is 3.98. The average Bonchev–Trinajstić information content (AvgIpc) is 3.41. The lowest BCUT2D eigenvalue weighted by Gasteiger charge is -2.10. The standard InChI is InChI=1S/C23H20FN3O3S/c1-2-29-22(28)19-12-13-30-20(19)15-31-23-26-25-21(17-8-10-18(24)11-9-17)27(23)14-16-6-4-3-5-7-16/h3-13H,2,14-15H2,1H3. The van der Waals surface area contributed by atoms with E-state index in [1.54, 1.807) is 25.1 Å². The predicted molar refractivity (Wildman–Crippen MR) is 115 cm³/mol. The van der Waals surface area contributed by atoms with Crippen molar-refractivity contribution in [3.63, 3.8) is 0 Å². The van der Waals surface area contributed by atoms with E-state index in [9.17, 15) is 9.18 Å². The van der Waals surface area contributed by atoms with Crippen LogP contribution >= 0.6 is 11.8 Å². The van der Waals surface area contributed by atoms with E-state index in [0.29, 0.717) is 41.2 Å². The van der Waals surface area contributed by atoms with Crippen molar-refractivity contribution in [2.24, 2.45) is 0 Å². The highest BCUT2D eigenvalue weighted by Gasteiger charge is 2.19. The van der Waals surface area contributed by atoms with Crippen LogP contribution in [0, 0.1) is 5.82 Å². The van der Waals surface area contributed by atoms with E-state index in [1.807, 2.05) is 34.9 Å². The fraction of sp³-hybridized carbons (Fsp3) is 0.174. The topological polar surface area (TPSA) is 70.2 Å². The lowest BCUT2D eigenvalue weighted by atomic mass is 10.2. The second-order valence-electron chi connectivity index (χ2n) is 6.65. The minimum absolute atomic E-state index is 0.295. The molecular formula is C23H20FN3O3S. The van der Waals surface area contributed by atoms with Crippen LogP contribution in [0.15, 0.2) is 76.5 Å². The number of hydrogen-bond donors (Lipinski definition) is 0. The first-order chi connectivity index (χ1) is 15.2. The molecule has 6 nitrogen and oxygen atoms in total. The van der Waals surface area contributed by atoms with Crippen molar-refractivity contribution < 1.29 is 18.3 Å². The molecule has 0 bridgehead atoms. The molecule has 2 aromatic carbocycles. The lowest BCUT2D eigenvalue weighted by molar-refractivity contribution is 0.0524. The maximum Gasteiger partial charge on any atom is 0.341 e. The van der Waals surface area contributed by atoms with E-state index in [-0.39, 0.29) is 5.82 Å². The van der Waals surface area contributed by atoms with E-state index in [2.05, 4.69) is 10.2 Å². The van der Waals surface area contributed by atoms with Crippen LogP contribution in [0.3, 0.4) is 0 Å². The predicted octanol–water partition coefficient (Wildman–Crippen LogP) is 5.19. The van der Waals surface area contributed by atoms with Gasteiger partial charge in [-0.25, -0.2) is 9.18 Å². The molecule has 0 N–H and O–H groups in total. The zero-order valence-electron chi connectivity index (χ0n) is 16.8. The molecule has 2 heterocycles. The molecule has 0 atom stereocenters. The van der Waals surface area contributed by atoms with Crippen molar-refractivity contribution in [2.75, 3.05) is 6.61 Å². The number of carbonyl (C=O) groups excluding carboxylic acids is 1. The van der Waals surface area contributed by atoms with Gasteiger partial charge in [-0.05, 0) is 42.8 Å². The molecule has 31 heavy (non-hydrogen) atoms. The van der Waals surface area contributed by atoms with Gasteiger partial charge in [0.15, 0.2) is 11.0 Å². The number of esters is 1. The first kappa shape index (κ1) is 20.9. The van der Waals surface area contributed by atoms with Crippen LogP contribution < -0.4 is 0 Å². The van der Waals surface area contributed by atoms with Crippen LogP contribution in [0.4, 0.5) is 4.39 Å². The summed E-state index contributed by atoms with van der Waals surface area (Å²) in [5.41, 5.74) is 2.25. The molecule has 0 aliphatic heterocycles. The van der Waals surface area contributed by atoms with Gasteiger partial charge in [0.25, 0.3) is 0 Å². The molecule has 0 saturated carbocycles. The molecular weight excluding hydrogens is 417 g/mol. The molecule has 0 aliphatic carbocycles. The summed E-state index contributed by atoms with van der Waals surface area (Å²) in [6, 6.07) is 17.7. The molecule has 0 spiro atoms. The summed E-state index contributed by atoms with van der Waals surface area (Å²) in [6.45, 7) is 2.60. The Morgan fingerprint density at radius 1 is 1.10 bits per heavy atom. The number of carbonyl (C=O) groups is 1. The zero-order chi connectivity index (χ0) is 21.6. The molecule has 0 unspecified atom stereocenters. The number of furan rings is 1. The summed E-state index contributed by atoms with van der Waals surface area (Å²) < 4.78 is 25.9. The molecule has 158 valence electrons. The summed E-state index contributed by atoms with van der Waals surface area (Å²) in [5, 5.41) is 9.35. The van der Waals surface area contributed by atoms with Crippen molar-refractivity contribution in [1.29, 1.82) is 0 Å². The Hall–Kier alpha value is -3.39. The normalized spacial score (nSPS) is 10.9. The molecule has 0 fully saturated rings. The second-order valence-corrected chi connectivity index (χ2v) is 7.59. The van der Waals surface area contributed by atoms with Gasteiger partial charge in [0.05, 0.1) is 25.2 Å². The molecule has 0 saturated heterocycles. The van der Waals surface area contributed by atoms with Crippen LogP contribution in [0.2, 0.25) is 0 Å². The van der Waals surface area contributed by atoms with E-state index in [1.165, 1.54) is 30.2 Å². The van der Waals surface area contributed by atoms with Crippen LogP contribution in [-0.2, 0) is 17.0 Å². The maximum absolute atomic E-state index is 13.4. The van der Waals surface area contributed by atoms with E-state index in [0.717, 1.165) is 11.1 Å². The Labute approximate surface area is 183 Å². The van der Waals surface area contributed by atoms with Crippen LogP contribution in [0.25, 0.3) is 11.4 Å². The largest absolute Gasteiger partial charge is 0.468 e. The van der Waals surface area contributed by atoms with Gasteiger partial charge in [0.2, 0.25) is 0 Å². The van der Waals surface area contributed by atoms with Crippen molar-refractivity contribution in [2.45, 2.75) is 24.4 Å². The van der Waals surface area contributed by atoms with Gasteiger partial charge in [-0.2, -0.15) is 0 Å². The SMILES string of the molecule is CCOC(=O)c1ccoc1CSc1nnc(-c2ccc(F)cc2)n1Cc1ccccc1. The Morgan fingerprint density at radius 2 is 1.87 bits per heavy atom. The van der Waals surface area contributed by atoms with Gasteiger partial charge >= 0.3 is 5.97 Å². The Morgan fingerprint density at radius 3 is 2.61 bits per heavy atom. The first-order valence-electron chi connectivity index (χ1n) is 9.75. The third-order valence-corrected chi connectivity index (χ3v) is 5.54. The van der Waals surface area contributed by atoms with Crippen LogP contribution in [0.1, 0.15) is 28.6 Å². The molecule has 0 aliphatic rings. The number of hydrogen-bond acceptors (Lipinski definition) is 6. The number of benzene rings is 2. The quantitative estimate of drug-likeness (QED) is 0.279. The van der Waals surface area contributed by atoms with Gasteiger partial charge in [0.1, 0.15) is 17.1 Å². The van der Waals surface area contributed by atoms with Gasteiger partial charge < -0.3 is 9.15 Å². The highest BCUT2D eigenvalue weighted by Crippen LogP contribution is 2.29. The van der Waals surface area contributed by atoms with Crippen LogP contribution in [-0.4, -0.2) is 27.3 Å². The maximum atomic E-state index is 13.4. The third kappa shape index (κ3) is 4.86. The number of halogens is 1. The van der Waals surface area contributed by atoms with E-state index in [4.69, 9.17) is 9.15 Å². The van der Waals surface area contributed by atoms with Gasteiger partial charge in [-0.15, -0.1) is 10.2 Å². The number of rotatable bonds is 8. The Balaban J connectivity index is 1.62. The van der Waals surface area contributed by atoms with E-state index < -0.39 is 5.97 Å². The van der Waals surface area contributed by atoms with Crippen molar-refractivity contribution in [3.8, 4) is 11.4 Å². The molecule has 8 heteroatoms. The fourth-order valence-electron chi connectivity index (χ4n) is 3.09. The molecule has 4 rings (SSSR count). The molecule has 0 amide bonds. The summed E-state index contributed by atoms with van der Waals surface area (Å²) in [6.07, 6.45) is 1.47. The van der Waals surface area contributed by atoms with Crippen LogP contribution in [0.5, 0.6) is 0 Å². The molecule has 4 aromatic rings. The number of nitrogens with zero attached hydrogens (tertiary/aromatic N) is 3. The van der Waals surface area contributed by atoms with Gasteiger partial charge in [-0.3, -0.25) is 4.57 Å². The summed E-state index contributed by atoms with van der Waals surface area (Å²) >= 11 is 1.41. The lowest BCUT2D eigenvalue weighted by Crippen LogP contribution is -2.06. The van der Waals surface area contributed by atoms with Crippen molar-refractivity contribution >= 4 is 17.7 Å². The molecule has 0 radical (unpaired) electrons. The van der Waals surface area contributed by atoms with Crippen molar-refractivity contribution in [1.82, 2.24) is 14.8 Å². The van der Waals surface area contributed by atoms with Gasteiger partial charge in [-0.1, -0.05) is 42.1 Å². The average molecular weight is 437 g/mol. The first-order valence-corrected chi connectivity index (χ1v) is 10.7. The number of ether oxygens (including phenoxy) is 1. The number of aromatic nitrogens is 3. The minimum atomic E-state index is -0.412. The highest BCUT2D eigenvalue weighted by molar-refractivity contribution is 7.98. The van der Waals surface area contributed by atoms with E-state index >= 15 is 0 Å². The van der Waals surface area contributed by atoms with Gasteiger partial charge in [0, 0.05) is 5.56 Å². The zero-order valence-corrected chi connectivity index (χ0v) is 17.6. The smallest absolute Gasteiger partial charge is 0.341 e. The Bertz CT molecular complexity index is 1160. The van der Waals surface area contributed by atoms with Crippen molar-refractivity contribution in [3.05, 3.63) is 89.6 Å². The Kier molecular flexibility index (Phi) is 6.47. The summed E-state index contributed by atoms with van der Waals surface area (Å²) in [7, 11) is 0. The second kappa shape index (κ2) is 9.61. The molecule has 2 aromatic heterocycles. The highest BCUT2D eigenvalue weighted by atomic mass is 32.2. The number of thioether (sulfide) groups is 1. The monoisotopic (exact) mass is 437 g/mol.